The highest BCUT2D eigenvalue weighted by Crippen LogP contribution is 2.27. The molecule has 2 heterocycles. The average molecular weight is 208 g/mol. The van der Waals surface area contributed by atoms with Crippen molar-refractivity contribution in [3.8, 4) is 22.6 Å². The maximum atomic E-state index is 4.29. The molecule has 0 saturated carbocycles. The molecule has 16 heavy (non-hydrogen) atoms. The van der Waals surface area contributed by atoms with Crippen LogP contribution in [0, 0.1) is 0 Å². The Balaban J connectivity index is 2.22. The van der Waals surface area contributed by atoms with Crippen LogP contribution in [0.3, 0.4) is 0 Å². The smallest absolute Gasteiger partial charge is 0.132 e. The number of hydrogen-bond acceptors (Lipinski definition) is 4. The van der Waals surface area contributed by atoms with Crippen LogP contribution in [0.2, 0.25) is 0 Å². The standard InChI is InChI=1S/C12H8N4/c1-2-4-9(5-3-1)11-12-10(15-16-11)8-13-6-7-14-12/h1-8H. The summed E-state index contributed by atoms with van der Waals surface area (Å²) in [5, 5.41) is 8.20. The zero-order valence-corrected chi connectivity index (χ0v) is 8.41. The van der Waals surface area contributed by atoms with Crippen LogP contribution >= 0.6 is 0 Å². The Kier molecular flexibility index (Phi) is 2.04. The minimum Gasteiger partial charge on any atom is -0.261 e. The van der Waals surface area contributed by atoms with Gasteiger partial charge in [0.1, 0.15) is 17.1 Å². The van der Waals surface area contributed by atoms with Crippen molar-refractivity contribution in [1.82, 2.24) is 20.2 Å². The third-order valence-electron chi connectivity index (χ3n) is 2.33. The van der Waals surface area contributed by atoms with Gasteiger partial charge in [-0.15, -0.1) is 10.2 Å². The topological polar surface area (TPSA) is 51.6 Å². The molecule has 0 amide bonds. The molecule has 0 N–H and O–H groups in total. The fourth-order valence-corrected chi connectivity index (χ4v) is 1.58. The van der Waals surface area contributed by atoms with E-state index in [9.17, 15) is 0 Å². The van der Waals surface area contributed by atoms with Crippen molar-refractivity contribution < 1.29 is 0 Å². The molecule has 0 fully saturated rings. The quantitative estimate of drug-likeness (QED) is 0.614. The van der Waals surface area contributed by atoms with E-state index in [2.05, 4.69) is 20.2 Å². The Labute approximate surface area is 92.4 Å². The minimum absolute atomic E-state index is 0.712. The van der Waals surface area contributed by atoms with Gasteiger partial charge in [0.05, 0.1) is 6.20 Å². The first-order valence-electron chi connectivity index (χ1n) is 4.93. The predicted octanol–water partition coefficient (Wildman–Crippen LogP) is 2.04. The zero-order valence-electron chi connectivity index (χ0n) is 8.41. The lowest BCUT2D eigenvalue weighted by molar-refractivity contribution is 1.10. The van der Waals surface area contributed by atoms with E-state index in [1.54, 1.807) is 18.6 Å². The van der Waals surface area contributed by atoms with Crippen molar-refractivity contribution >= 4 is 0 Å². The summed E-state index contributed by atoms with van der Waals surface area (Å²) in [5.74, 6) is 0. The van der Waals surface area contributed by atoms with Gasteiger partial charge >= 0.3 is 0 Å². The van der Waals surface area contributed by atoms with Crippen molar-refractivity contribution in [2.24, 2.45) is 0 Å². The molecular formula is C12H8N4. The van der Waals surface area contributed by atoms with Crippen LogP contribution in [0.15, 0.2) is 48.9 Å². The summed E-state index contributed by atoms with van der Waals surface area (Å²) in [5.41, 5.74) is 3.31. The molecule has 0 saturated heterocycles. The van der Waals surface area contributed by atoms with Gasteiger partial charge in [-0.3, -0.25) is 9.97 Å². The fourth-order valence-electron chi connectivity index (χ4n) is 1.58. The minimum atomic E-state index is 0.712. The summed E-state index contributed by atoms with van der Waals surface area (Å²) >= 11 is 0. The molecule has 1 aromatic carbocycles. The van der Waals surface area contributed by atoms with Gasteiger partial charge in [-0.2, -0.15) is 0 Å². The van der Waals surface area contributed by atoms with Gasteiger partial charge in [-0.25, -0.2) is 0 Å². The van der Waals surface area contributed by atoms with E-state index in [1.807, 2.05) is 30.3 Å². The van der Waals surface area contributed by atoms with E-state index >= 15 is 0 Å². The normalized spacial score (nSPS) is 10.5. The number of fused-ring (bicyclic) bond motifs is 1. The molecule has 4 heteroatoms. The number of rotatable bonds is 1. The maximum Gasteiger partial charge on any atom is 0.132 e. The molecule has 2 aliphatic heterocycles. The Morgan fingerprint density at radius 3 is 2.56 bits per heavy atom. The Morgan fingerprint density at radius 2 is 1.69 bits per heavy atom. The summed E-state index contributed by atoms with van der Waals surface area (Å²) in [6.07, 6.45) is 4.95. The first kappa shape index (κ1) is 8.91. The summed E-state index contributed by atoms with van der Waals surface area (Å²) in [7, 11) is 0. The monoisotopic (exact) mass is 208 g/mol. The number of benzene rings is 1. The Morgan fingerprint density at radius 1 is 0.812 bits per heavy atom. The van der Waals surface area contributed by atoms with Gasteiger partial charge < -0.3 is 0 Å². The molecular weight excluding hydrogens is 200 g/mol. The highest BCUT2D eigenvalue weighted by atomic mass is 15.1. The van der Waals surface area contributed by atoms with Crippen LogP contribution in [0.1, 0.15) is 0 Å². The van der Waals surface area contributed by atoms with E-state index in [4.69, 9.17) is 0 Å². The van der Waals surface area contributed by atoms with Gasteiger partial charge in [-0.1, -0.05) is 30.3 Å². The lowest BCUT2D eigenvalue weighted by Crippen LogP contribution is -1.81. The van der Waals surface area contributed by atoms with E-state index in [-0.39, 0.29) is 0 Å². The van der Waals surface area contributed by atoms with Crippen LogP contribution in [0.4, 0.5) is 0 Å². The molecule has 0 aromatic heterocycles. The summed E-state index contributed by atoms with van der Waals surface area (Å²) in [6, 6.07) is 9.89. The molecule has 1 aromatic rings. The second-order valence-electron chi connectivity index (χ2n) is 3.35. The summed E-state index contributed by atoms with van der Waals surface area (Å²) in [6.45, 7) is 0. The highest BCUT2D eigenvalue weighted by molar-refractivity contribution is 5.76. The Bertz CT molecular complexity index is 580. The van der Waals surface area contributed by atoms with E-state index in [0.717, 1.165) is 17.0 Å². The average Bonchev–Trinajstić information content (AvgIpc) is 2.60. The first-order valence-corrected chi connectivity index (χ1v) is 4.93. The SMILES string of the molecule is c1ccc(-c2nnc3cnccnc2-3)cc1. The van der Waals surface area contributed by atoms with Crippen molar-refractivity contribution in [2.75, 3.05) is 0 Å². The van der Waals surface area contributed by atoms with Gasteiger partial charge in [0.25, 0.3) is 0 Å². The maximum absolute atomic E-state index is 4.29. The molecule has 76 valence electrons. The summed E-state index contributed by atoms with van der Waals surface area (Å²) in [4.78, 5) is 8.31. The second-order valence-corrected chi connectivity index (χ2v) is 3.35. The van der Waals surface area contributed by atoms with Gasteiger partial charge in [-0.05, 0) is 0 Å². The molecule has 4 nitrogen and oxygen atoms in total. The van der Waals surface area contributed by atoms with Gasteiger partial charge in [0.2, 0.25) is 0 Å². The molecule has 0 bridgehead atoms. The lowest BCUT2D eigenvalue weighted by Gasteiger charge is -1.95. The third kappa shape index (κ3) is 1.40. The molecule has 0 aliphatic carbocycles. The van der Waals surface area contributed by atoms with Gasteiger partial charge in [0.15, 0.2) is 0 Å². The Hall–Kier alpha value is -2.36. The first-order chi connectivity index (χ1) is 7.95. The fraction of sp³-hybridized carbons (Fsp3) is 0. The number of nitrogens with zero attached hydrogens (tertiary/aromatic N) is 4. The van der Waals surface area contributed by atoms with Crippen LogP contribution in [0.25, 0.3) is 22.6 Å². The highest BCUT2D eigenvalue weighted by Gasteiger charge is 2.14. The van der Waals surface area contributed by atoms with Crippen molar-refractivity contribution in [3.63, 3.8) is 0 Å². The van der Waals surface area contributed by atoms with Crippen molar-refractivity contribution in [1.29, 1.82) is 0 Å². The van der Waals surface area contributed by atoms with Gasteiger partial charge in [0, 0.05) is 18.0 Å². The summed E-state index contributed by atoms with van der Waals surface area (Å²) < 4.78 is 0. The van der Waals surface area contributed by atoms with E-state index in [1.165, 1.54) is 0 Å². The van der Waals surface area contributed by atoms with E-state index in [0.29, 0.717) is 5.69 Å². The molecule has 0 atom stereocenters. The van der Waals surface area contributed by atoms with Crippen LogP contribution in [-0.2, 0) is 0 Å². The van der Waals surface area contributed by atoms with Crippen LogP contribution in [-0.4, -0.2) is 20.2 Å². The van der Waals surface area contributed by atoms with Crippen molar-refractivity contribution in [2.45, 2.75) is 0 Å². The second kappa shape index (κ2) is 3.66. The van der Waals surface area contributed by atoms with Crippen molar-refractivity contribution in [3.05, 3.63) is 48.9 Å². The molecule has 0 radical (unpaired) electrons. The number of hydrogen-bond donors (Lipinski definition) is 0. The van der Waals surface area contributed by atoms with E-state index < -0.39 is 0 Å². The third-order valence-corrected chi connectivity index (χ3v) is 2.33. The molecule has 0 unspecified atom stereocenters. The zero-order chi connectivity index (χ0) is 10.8. The van der Waals surface area contributed by atoms with Crippen LogP contribution < -0.4 is 0 Å². The largest absolute Gasteiger partial charge is 0.261 e. The lowest BCUT2D eigenvalue weighted by atomic mass is 10.1. The molecule has 0 spiro atoms. The number of aromatic nitrogens is 4. The molecule has 2 aliphatic rings. The van der Waals surface area contributed by atoms with Crippen LogP contribution in [0.5, 0.6) is 0 Å². The molecule has 3 rings (SSSR count). The predicted molar refractivity (Wildman–Crippen MR) is 59.7 cm³/mol.